The van der Waals surface area contributed by atoms with Crippen LogP contribution in [0.2, 0.25) is 0 Å². The minimum absolute atomic E-state index is 0.113. The van der Waals surface area contributed by atoms with Crippen molar-refractivity contribution in [1.82, 2.24) is 0 Å². The Labute approximate surface area is 110 Å². The van der Waals surface area contributed by atoms with E-state index in [0.717, 1.165) is 5.56 Å². The van der Waals surface area contributed by atoms with Crippen molar-refractivity contribution in [3.8, 4) is 0 Å². The molecule has 0 unspecified atom stereocenters. The van der Waals surface area contributed by atoms with Gasteiger partial charge in [-0.1, -0.05) is 17.7 Å². The van der Waals surface area contributed by atoms with Gasteiger partial charge in [0.15, 0.2) is 5.76 Å². The van der Waals surface area contributed by atoms with Crippen molar-refractivity contribution >= 4 is 17.6 Å². The van der Waals surface area contributed by atoms with Crippen LogP contribution in [0.5, 0.6) is 0 Å². The van der Waals surface area contributed by atoms with E-state index in [1.807, 2.05) is 19.1 Å². The maximum atomic E-state index is 12.2. The van der Waals surface area contributed by atoms with Crippen LogP contribution in [0.15, 0.2) is 47.1 Å². The number of anilines is 1. The molecule has 1 aromatic carbocycles. The number of hydrogen-bond donors (Lipinski definition) is 1. The lowest BCUT2D eigenvalue weighted by Gasteiger charge is -2.19. The van der Waals surface area contributed by atoms with Crippen molar-refractivity contribution in [2.24, 2.45) is 0 Å². The first-order valence-corrected chi connectivity index (χ1v) is 5.72. The normalized spacial score (nSPS) is 10.2. The summed E-state index contributed by atoms with van der Waals surface area (Å²) in [4.78, 5) is 24.3. The molecule has 0 spiro atoms. The first-order chi connectivity index (χ1) is 9.08. The summed E-state index contributed by atoms with van der Waals surface area (Å²) >= 11 is 0. The number of nitrogens with zero attached hydrogens (tertiary/aromatic N) is 1. The zero-order valence-corrected chi connectivity index (χ0v) is 10.4. The monoisotopic (exact) mass is 259 g/mol. The Balaban J connectivity index is 2.33. The molecular formula is C14H13NO4. The van der Waals surface area contributed by atoms with Crippen molar-refractivity contribution in [3.05, 3.63) is 54.0 Å². The molecule has 0 saturated carbocycles. The van der Waals surface area contributed by atoms with Crippen LogP contribution in [0.1, 0.15) is 16.1 Å². The molecule has 5 nitrogen and oxygen atoms in total. The molecule has 0 saturated heterocycles. The molecule has 2 rings (SSSR count). The highest BCUT2D eigenvalue weighted by atomic mass is 16.4. The van der Waals surface area contributed by atoms with Gasteiger partial charge >= 0.3 is 5.97 Å². The summed E-state index contributed by atoms with van der Waals surface area (Å²) in [6, 6.07) is 10.1. The van der Waals surface area contributed by atoms with Gasteiger partial charge in [0, 0.05) is 5.69 Å². The fourth-order valence-electron chi connectivity index (χ4n) is 1.67. The maximum Gasteiger partial charge on any atom is 0.323 e. The minimum atomic E-state index is -1.08. The Hall–Kier alpha value is -2.56. The molecule has 2 aromatic rings. The molecule has 1 aromatic heterocycles. The number of hydrogen-bond acceptors (Lipinski definition) is 3. The number of carboxylic acid groups (broad SMARTS) is 1. The second kappa shape index (κ2) is 5.39. The molecule has 0 fully saturated rings. The second-order valence-electron chi connectivity index (χ2n) is 4.10. The van der Waals surface area contributed by atoms with Crippen molar-refractivity contribution in [2.75, 3.05) is 11.4 Å². The van der Waals surface area contributed by atoms with Crippen LogP contribution in [-0.4, -0.2) is 23.5 Å². The van der Waals surface area contributed by atoms with E-state index in [-0.39, 0.29) is 5.76 Å². The largest absolute Gasteiger partial charge is 0.480 e. The Bertz CT molecular complexity index is 572. The van der Waals surface area contributed by atoms with Crippen LogP contribution in [0.3, 0.4) is 0 Å². The first kappa shape index (κ1) is 12.9. The summed E-state index contributed by atoms with van der Waals surface area (Å²) in [6.07, 6.45) is 1.38. The van der Waals surface area contributed by atoms with Gasteiger partial charge in [0.25, 0.3) is 5.91 Å². The number of carbonyl (C=O) groups is 2. The van der Waals surface area contributed by atoms with Gasteiger partial charge in [0.05, 0.1) is 6.26 Å². The predicted octanol–water partition coefficient (Wildman–Crippen LogP) is 2.32. The second-order valence-corrected chi connectivity index (χ2v) is 4.10. The molecule has 1 amide bonds. The molecule has 0 aliphatic carbocycles. The Morgan fingerprint density at radius 1 is 1.21 bits per heavy atom. The van der Waals surface area contributed by atoms with Crippen LogP contribution in [-0.2, 0) is 4.79 Å². The van der Waals surface area contributed by atoms with Crippen molar-refractivity contribution in [1.29, 1.82) is 0 Å². The van der Waals surface area contributed by atoms with Crippen LogP contribution >= 0.6 is 0 Å². The highest BCUT2D eigenvalue weighted by Gasteiger charge is 2.22. The molecule has 5 heteroatoms. The third-order valence-electron chi connectivity index (χ3n) is 2.62. The van der Waals surface area contributed by atoms with E-state index in [9.17, 15) is 9.59 Å². The molecular weight excluding hydrogens is 246 g/mol. The van der Waals surface area contributed by atoms with Crippen LogP contribution in [0.25, 0.3) is 0 Å². The average Bonchev–Trinajstić information content (AvgIpc) is 2.90. The number of benzene rings is 1. The Kier molecular flexibility index (Phi) is 3.66. The van der Waals surface area contributed by atoms with Gasteiger partial charge in [-0.3, -0.25) is 14.5 Å². The van der Waals surface area contributed by atoms with E-state index in [1.54, 1.807) is 18.2 Å². The summed E-state index contributed by atoms with van der Waals surface area (Å²) in [5, 5.41) is 8.92. The van der Waals surface area contributed by atoms with Gasteiger partial charge in [-0.25, -0.2) is 0 Å². The lowest BCUT2D eigenvalue weighted by Crippen LogP contribution is -2.35. The Morgan fingerprint density at radius 3 is 2.42 bits per heavy atom. The highest BCUT2D eigenvalue weighted by molar-refractivity contribution is 6.06. The van der Waals surface area contributed by atoms with E-state index in [1.165, 1.54) is 17.2 Å². The van der Waals surface area contributed by atoms with E-state index >= 15 is 0 Å². The van der Waals surface area contributed by atoms with Gasteiger partial charge in [0.1, 0.15) is 6.54 Å². The molecule has 0 aliphatic heterocycles. The molecule has 0 atom stereocenters. The predicted molar refractivity (Wildman–Crippen MR) is 69.2 cm³/mol. The van der Waals surface area contributed by atoms with E-state index < -0.39 is 18.4 Å². The zero-order valence-electron chi connectivity index (χ0n) is 10.4. The number of carboxylic acids is 1. The van der Waals surface area contributed by atoms with E-state index in [0.29, 0.717) is 5.69 Å². The number of aliphatic carboxylic acids is 1. The smallest absolute Gasteiger partial charge is 0.323 e. The van der Waals surface area contributed by atoms with Gasteiger partial charge in [-0.05, 0) is 31.2 Å². The lowest BCUT2D eigenvalue weighted by atomic mass is 10.2. The van der Waals surface area contributed by atoms with E-state index in [2.05, 4.69) is 0 Å². The zero-order chi connectivity index (χ0) is 13.8. The number of carbonyl (C=O) groups excluding carboxylic acids is 1. The molecule has 1 heterocycles. The topological polar surface area (TPSA) is 70.8 Å². The summed E-state index contributed by atoms with van der Waals surface area (Å²) in [6.45, 7) is 1.50. The fourth-order valence-corrected chi connectivity index (χ4v) is 1.67. The number of furan rings is 1. The van der Waals surface area contributed by atoms with Crippen LogP contribution in [0.4, 0.5) is 5.69 Å². The van der Waals surface area contributed by atoms with Crippen LogP contribution in [0, 0.1) is 6.92 Å². The van der Waals surface area contributed by atoms with Gasteiger partial charge in [-0.15, -0.1) is 0 Å². The third kappa shape index (κ3) is 3.01. The first-order valence-electron chi connectivity index (χ1n) is 5.72. The summed E-state index contributed by atoms with van der Waals surface area (Å²) in [7, 11) is 0. The molecule has 1 N–H and O–H groups in total. The average molecular weight is 259 g/mol. The summed E-state index contributed by atoms with van der Waals surface area (Å²) in [5.41, 5.74) is 1.55. The summed E-state index contributed by atoms with van der Waals surface area (Å²) < 4.78 is 5.02. The number of aryl methyl sites for hydroxylation is 1. The van der Waals surface area contributed by atoms with Gasteiger partial charge < -0.3 is 9.52 Å². The molecule has 98 valence electrons. The molecule has 0 aliphatic rings. The van der Waals surface area contributed by atoms with E-state index in [4.69, 9.17) is 9.52 Å². The third-order valence-corrected chi connectivity index (χ3v) is 2.62. The van der Waals surface area contributed by atoms with Gasteiger partial charge in [-0.2, -0.15) is 0 Å². The van der Waals surface area contributed by atoms with Crippen molar-refractivity contribution in [3.63, 3.8) is 0 Å². The van der Waals surface area contributed by atoms with Crippen molar-refractivity contribution in [2.45, 2.75) is 6.92 Å². The van der Waals surface area contributed by atoms with Crippen LogP contribution < -0.4 is 4.90 Å². The van der Waals surface area contributed by atoms with Crippen molar-refractivity contribution < 1.29 is 19.1 Å². The fraction of sp³-hybridized carbons (Fsp3) is 0.143. The number of rotatable bonds is 4. The maximum absolute atomic E-state index is 12.2. The minimum Gasteiger partial charge on any atom is -0.480 e. The molecule has 19 heavy (non-hydrogen) atoms. The van der Waals surface area contributed by atoms with Gasteiger partial charge in [0.2, 0.25) is 0 Å². The molecule has 0 bridgehead atoms. The lowest BCUT2D eigenvalue weighted by molar-refractivity contribution is -0.135. The molecule has 0 radical (unpaired) electrons. The summed E-state index contributed by atoms with van der Waals surface area (Å²) in [5.74, 6) is -1.45. The quantitative estimate of drug-likeness (QED) is 0.914. The highest BCUT2D eigenvalue weighted by Crippen LogP contribution is 2.18. The standard InChI is InChI=1S/C14H13NO4/c1-10-4-6-11(7-5-10)15(9-13(16)17)14(18)12-3-2-8-19-12/h2-8H,9H2,1H3,(H,16,17). The SMILES string of the molecule is Cc1ccc(N(CC(=O)O)C(=O)c2ccco2)cc1. The Morgan fingerprint density at radius 2 is 1.89 bits per heavy atom. The number of amides is 1.